The summed E-state index contributed by atoms with van der Waals surface area (Å²) in [6.07, 6.45) is 0. The Bertz CT molecular complexity index is 739. The molecule has 2 N–H and O–H groups in total. The van der Waals surface area contributed by atoms with Crippen molar-refractivity contribution in [1.29, 1.82) is 0 Å². The summed E-state index contributed by atoms with van der Waals surface area (Å²) in [5.74, 6) is -0.164. The third-order valence-electron chi connectivity index (χ3n) is 2.61. The van der Waals surface area contributed by atoms with Gasteiger partial charge in [-0.3, -0.25) is 0 Å². The van der Waals surface area contributed by atoms with E-state index in [0.29, 0.717) is 26.8 Å². The smallest absolute Gasteiger partial charge is 0.230 e. The lowest BCUT2D eigenvalue weighted by atomic mass is 10.2. The van der Waals surface area contributed by atoms with Crippen LogP contribution in [0, 0.1) is 5.82 Å². The lowest BCUT2D eigenvalue weighted by Gasteiger charge is -1.97. The van der Waals surface area contributed by atoms with E-state index in [1.54, 1.807) is 30.3 Å². The van der Waals surface area contributed by atoms with Gasteiger partial charge in [-0.1, -0.05) is 22.0 Å². The zero-order valence-electron chi connectivity index (χ0n) is 9.15. The topological polar surface area (TPSA) is 52.0 Å². The van der Waals surface area contributed by atoms with Crippen molar-refractivity contribution in [3.05, 3.63) is 46.7 Å². The first-order valence-corrected chi connectivity index (χ1v) is 6.05. The second kappa shape index (κ2) is 4.10. The van der Waals surface area contributed by atoms with E-state index in [2.05, 4.69) is 20.9 Å². The van der Waals surface area contributed by atoms with Gasteiger partial charge in [-0.15, -0.1) is 0 Å². The molecular formula is C13H8BrFN2O. The van der Waals surface area contributed by atoms with Crippen LogP contribution >= 0.6 is 15.9 Å². The van der Waals surface area contributed by atoms with Crippen LogP contribution < -0.4 is 5.73 Å². The van der Waals surface area contributed by atoms with Gasteiger partial charge in [-0.2, -0.15) is 0 Å². The van der Waals surface area contributed by atoms with Crippen LogP contribution in [0.15, 0.2) is 45.3 Å². The number of para-hydroxylation sites is 1. The van der Waals surface area contributed by atoms with Crippen LogP contribution in [-0.2, 0) is 0 Å². The molecule has 3 rings (SSSR count). The van der Waals surface area contributed by atoms with E-state index in [0.717, 1.165) is 0 Å². The first-order valence-electron chi connectivity index (χ1n) is 5.25. The summed E-state index contributed by atoms with van der Waals surface area (Å²) in [6, 6.07) is 9.96. The van der Waals surface area contributed by atoms with Crippen LogP contribution in [0.4, 0.5) is 10.1 Å². The number of oxazole rings is 1. The maximum absolute atomic E-state index is 13.8. The van der Waals surface area contributed by atoms with Gasteiger partial charge in [-0.25, -0.2) is 9.37 Å². The molecule has 3 aromatic rings. The number of anilines is 1. The summed E-state index contributed by atoms with van der Waals surface area (Å²) in [6.45, 7) is 0. The minimum atomic E-state index is -0.394. The number of rotatable bonds is 1. The Balaban J connectivity index is 2.23. The van der Waals surface area contributed by atoms with E-state index in [4.69, 9.17) is 10.2 Å². The fourth-order valence-corrected chi connectivity index (χ4v) is 2.08. The normalized spacial score (nSPS) is 11.0. The maximum Gasteiger partial charge on any atom is 0.230 e. The summed E-state index contributed by atoms with van der Waals surface area (Å²) >= 11 is 3.20. The predicted octanol–water partition coefficient (Wildman–Crippen LogP) is 3.98. The minimum absolute atomic E-state index is 0.230. The molecule has 18 heavy (non-hydrogen) atoms. The van der Waals surface area contributed by atoms with Gasteiger partial charge in [0, 0.05) is 4.47 Å². The van der Waals surface area contributed by atoms with E-state index in [1.165, 1.54) is 6.07 Å². The highest BCUT2D eigenvalue weighted by molar-refractivity contribution is 9.10. The van der Waals surface area contributed by atoms with Crippen LogP contribution in [-0.4, -0.2) is 4.98 Å². The summed E-state index contributed by atoms with van der Waals surface area (Å²) < 4.78 is 20.0. The number of nitrogens with zero attached hydrogens (tertiary/aromatic N) is 1. The van der Waals surface area contributed by atoms with E-state index in [1.807, 2.05) is 0 Å². The fourth-order valence-electron chi connectivity index (χ4n) is 1.75. The molecule has 0 bridgehead atoms. The molecule has 1 aromatic heterocycles. The van der Waals surface area contributed by atoms with E-state index in [9.17, 15) is 4.39 Å². The number of nitrogen functional groups attached to an aromatic ring is 1. The molecule has 5 heteroatoms. The molecule has 0 amide bonds. The Hall–Kier alpha value is -1.88. The van der Waals surface area contributed by atoms with Crippen molar-refractivity contribution in [2.24, 2.45) is 0 Å². The molecule has 2 aromatic carbocycles. The van der Waals surface area contributed by atoms with Crippen molar-refractivity contribution in [3.63, 3.8) is 0 Å². The van der Waals surface area contributed by atoms with Crippen LogP contribution in [0.3, 0.4) is 0 Å². The Morgan fingerprint density at radius 2 is 2.06 bits per heavy atom. The number of fused-ring (bicyclic) bond motifs is 1. The monoisotopic (exact) mass is 306 g/mol. The molecule has 0 radical (unpaired) electrons. The third-order valence-corrected chi connectivity index (χ3v) is 3.10. The highest BCUT2D eigenvalue weighted by atomic mass is 79.9. The molecule has 0 aliphatic heterocycles. The van der Waals surface area contributed by atoms with Gasteiger partial charge < -0.3 is 10.2 Å². The third kappa shape index (κ3) is 1.76. The SMILES string of the molecule is Nc1cccc2oc(-c3ccc(Br)cc3F)nc12. The number of halogens is 2. The Kier molecular flexibility index (Phi) is 2.56. The van der Waals surface area contributed by atoms with Crippen LogP contribution in [0.1, 0.15) is 0 Å². The number of nitrogens with two attached hydrogens (primary N) is 1. The molecule has 1 heterocycles. The van der Waals surface area contributed by atoms with E-state index >= 15 is 0 Å². The van der Waals surface area contributed by atoms with Gasteiger partial charge in [0.15, 0.2) is 5.58 Å². The van der Waals surface area contributed by atoms with Crippen LogP contribution in [0.2, 0.25) is 0 Å². The largest absolute Gasteiger partial charge is 0.436 e. The summed E-state index contributed by atoms with van der Waals surface area (Å²) in [4.78, 5) is 4.23. The molecule has 90 valence electrons. The average molecular weight is 307 g/mol. The number of aromatic nitrogens is 1. The second-order valence-corrected chi connectivity index (χ2v) is 4.75. The van der Waals surface area contributed by atoms with Crippen molar-refractivity contribution in [2.45, 2.75) is 0 Å². The first-order chi connectivity index (χ1) is 8.65. The highest BCUT2D eigenvalue weighted by Gasteiger charge is 2.13. The molecule has 0 aliphatic rings. The zero-order chi connectivity index (χ0) is 12.7. The molecule has 0 aliphatic carbocycles. The Labute approximate surface area is 111 Å². The zero-order valence-corrected chi connectivity index (χ0v) is 10.7. The molecule has 0 saturated carbocycles. The molecule has 0 saturated heterocycles. The number of benzene rings is 2. The lowest BCUT2D eigenvalue weighted by Crippen LogP contribution is -1.86. The molecule has 0 atom stereocenters. The number of hydrogen-bond acceptors (Lipinski definition) is 3. The highest BCUT2D eigenvalue weighted by Crippen LogP contribution is 2.29. The van der Waals surface area contributed by atoms with Gasteiger partial charge in [0.05, 0.1) is 11.3 Å². The van der Waals surface area contributed by atoms with Crippen molar-refractivity contribution >= 4 is 32.7 Å². The van der Waals surface area contributed by atoms with Gasteiger partial charge in [0.25, 0.3) is 0 Å². The fraction of sp³-hybridized carbons (Fsp3) is 0. The first kappa shape index (κ1) is 11.2. The minimum Gasteiger partial charge on any atom is -0.436 e. The molecular weight excluding hydrogens is 299 g/mol. The van der Waals surface area contributed by atoms with Gasteiger partial charge in [0.1, 0.15) is 11.3 Å². The summed E-state index contributed by atoms with van der Waals surface area (Å²) in [5.41, 5.74) is 7.71. The van der Waals surface area contributed by atoms with Crippen LogP contribution in [0.25, 0.3) is 22.6 Å². The van der Waals surface area contributed by atoms with Gasteiger partial charge in [-0.05, 0) is 30.3 Å². The second-order valence-electron chi connectivity index (χ2n) is 3.84. The average Bonchev–Trinajstić information content (AvgIpc) is 2.74. The lowest BCUT2D eigenvalue weighted by molar-refractivity contribution is 0.593. The van der Waals surface area contributed by atoms with Gasteiger partial charge in [0.2, 0.25) is 5.89 Å². The molecule has 0 unspecified atom stereocenters. The van der Waals surface area contributed by atoms with Crippen LogP contribution in [0.5, 0.6) is 0 Å². The standard InChI is InChI=1S/C13H8BrFN2O/c14-7-4-5-8(9(15)6-7)13-17-12-10(16)2-1-3-11(12)18-13/h1-6H,16H2. The predicted molar refractivity (Wildman–Crippen MR) is 71.5 cm³/mol. The molecule has 0 fully saturated rings. The van der Waals surface area contributed by atoms with Crippen molar-refractivity contribution in [2.75, 3.05) is 5.73 Å². The number of hydrogen-bond donors (Lipinski definition) is 1. The molecule has 0 spiro atoms. The van der Waals surface area contributed by atoms with Crippen molar-refractivity contribution < 1.29 is 8.81 Å². The molecule has 3 nitrogen and oxygen atoms in total. The quantitative estimate of drug-likeness (QED) is 0.692. The van der Waals surface area contributed by atoms with E-state index < -0.39 is 5.82 Å². The van der Waals surface area contributed by atoms with Crippen molar-refractivity contribution in [1.82, 2.24) is 4.98 Å². The van der Waals surface area contributed by atoms with Gasteiger partial charge >= 0.3 is 0 Å². The maximum atomic E-state index is 13.8. The Morgan fingerprint density at radius 1 is 1.22 bits per heavy atom. The van der Waals surface area contributed by atoms with E-state index in [-0.39, 0.29) is 5.89 Å². The Morgan fingerprint density at radius 3 is 2.78 bits per heavy atom. The summed E-state index contributed by atoms with van der Waals surface area (Å²) in [5, 5.41) is 0. The summed E-state index contributed by atoms with van der Waals surface area (Å²) in [7, 11) is 0. The van der Waals surface area contributed by atoms with Crippen molar-refractivity contribution in [3.8, 4) is 11.5 Å².